The molecule has 5 heteroatoms. The van der Waals surface area contributed by atoms with E-state index in [0.29, 0.717) is 10.6 Å². The summed E-state index contributed by atoms with van der Waals surface area (Å²) >= 11 is 4.98. The van der Waals surface area contributed by atoms with Gasteiger partial charge in [-0.1, -0.05) is 45.0 Å². The molecule has 0 atom stereocenters. The molecule has 1 aromatic carbocycles. The summed E-state index contributed by atoms with van der Waals surface area (Å²) in [5.41, 5.74) is 2.37. The number of hydrogen-bond acceptors (Lipinski definition) is 3. The number of nitrogen functional groups attached to an aromatic ring is 1. The summed E-state index contributed by atoms with van der Waals surface area (Å²) < 4.78 is 1.79. The molecule has 0 spiro atoms. The number of H-pyrrole nitrogens is 1. The molecular formula is C12H16N4S. The second-order valence-electron chi connectivity index (χ2n) is 5.05. The van der Waals surface area contributed by atoms with Gasteiger partial charge in [-0.3, -0.25) is 0 Å². The molecule has 0 aliphatic carbocycles. The van der Waals surface area contributed by atoms with Gasteiger partial charge in [0.25, 0.3) is 0 Å². The quantitative estimate of drug-likeness (QED) is 0.602. The fourth-order valence-electron chi connectivity index (χ4n) is 1.63. The Morgan fingerprint density at radius 1 is 1.24 bits per heavy atom. The van der Waals surface area contributed by atoms with E-state index in [-0.39, 0.29) is 5.41 Å². The van der Waals surface area contributed by atoms with Crippen LogP contribution in [0.2, 0.25) is 0 Å². The summed E-state index contributed by atoms with van der Waals surface area (Å²) in [4.78, 5) is 0. The highest BCUT2D eigenvalue weighted by atomic mass is 32.1. The Labute approximate surface area is 105 Å². The van der Waals surface area contributed by atoms with Gasteiger partial charge >= 0.3 is 0 Å². The molecular weight excluding hydrogens is 232 g/mol. The number of hydrogen-bond donors (Lipinski definition) is 2. The van der Waals surface area contributed by atoms with Gasteiger partial charge in [-0.2, -0.15) is 5.10 Å². The Morgan fingerprint density at radius 2 is 1.82 bits per heavy atom. The smallest absolute Gasteiger partial charge is 0.214 e. The lowest BCUT2D eigenvalue weighted by atomic mass is 9.87. The fourth-order valence-corrected chi connectivity index (χ4v) is 1.76. The summed E-state index contributed by atoms with van der Waals surface area (Å²) in [5.74, 6) is 6.43. The number of aromatic amines is 1. The number of benzene rings is 1. The van der Waals surface area contributed by atoms with E-state index in [0.717, 1.165) is 5.56 Å². The summed E-state index contributed by atoms with van der Waals surface area (Å²) in [6, 6.07) is 8.20. The molecule has 0 amide bonds. The van der Waals surface area contributed by atoms with Gasteiger partial charge in [-0.05, 0) is 23.2 Å². The average Bonchev–Trinajstić information content (AvgIpc) is 2.59. The Hall–Kier alpha value is -1.62. The maximum atomic E-state index is 5.78. The van der Waals surface area contributed by atoms with Crippen molar-refractivity contribution in [2.45, 2.75) is 26.2 Å². The van der Waals surface area contributed by atoms with Gasteiger partial charge in [0.05, 0.1) is 0 Å². The Morgan fingerprint density at radius 3 is 2.24 bits per heavy atom. The molecule has 2 rings (SSSR count). The van der Waals surface area contributed by atoms with Crippen LogP contribution in [-0.4, -0.2) is 14.9 Å². The third-order valence-corrected chi connectivity index (χ3v) is 3.00. The summed E-state index contributed by atoms with van der Waals surface area (Å²) in [6.45, 7) is 6.54. The molecule has 0 aliphatic rings. The van der Waals surface area contributed by atoms with Gasteiger partial charge < -0.3 is 5.84 Å². The summed E-state index contributed by atoms with van der Waals surface area (Å²) in [7, 11) is 0. The standard InChI is InChI=1S/C12H16N4S/c1-12(2,3)9-6-4-8(5-7-9)10-14-15-11(17)16(10)13/h4-7H,13H2,1-3H3,(H,15,17). The topological polar surface area (TPSA) is 59.6 Å². The SMILES string of the molecule is CC(C)(C)c1ccc(-c2n[nH]c(=S)n2N)cc1. The molecule has 3 N–H and O–H groups in total. The lowest BCUT2D eigenvalue weighted by Gasteiger charge is -2.18. The predicted octanol–water partition coefficient (Wildman–Crippen LogP) is 2.62. The average molecular weight is 248 g/mol. The first-order valence-electron chi connectivity index (χ1n) is 5.43. The predicted molar refractivity (Wildman–Crippen MR) is 71.7 cm³/mol. The molecule has 0 radical (unpaired) electrons. The Bertz CT molecular complexity index is 572. The maximum Gasteiger partial charge on any atom is 0.214 e. The first-order valence-corrected chi connectivity index (χ1v) is 5.84. The third-order valence-electron chi connectivity index (χ3n) is 2.71. The zero-order valence-electron chi connectivity index (χ0n) is 10.2. The monoisotopic (exact) mass is 248 g/mol. The van der Waals surface area contributed by atoms with Crippen LogP contribution in [0.25, 0.3) is 11.4 Å². The first kappa shape index (κ1) is 11.9. The first-order chi connectivity index (χ1) is 7.89. The highest BCUT2D eigenvalue weighted by Gasteiger charge is 2.14. The molecule has 90 valence electrons. The van der Waals surface area contributed by atoms with Crippen molar-refractivity contribution in [3.63, 3.8) is 0 Å². The van der Waals surface area contributed by atoms with E-state index in [1.807, 2.05) is 12.1 Å². The molecule has 0 saturated carbocycles. The van der Waals surface area contributed by atoms with Crippen molar-refractivity contribution in [2.24, 2.45) is 0 Å². The van der Waals surface area contributed by atoms with E-state index < -0.39 is 0 Å². The van der Waals surface area contributed by atoms with Crippen LogP contribution in [0.15, 0.2) is 24.3 Å². The molecule has 2 aromatic rings. The van der Waals surface area contributed by atoms with Gasteiger partial charge in [0.1, 0.15) is 0 Å². The molecule has 1 aromatic heterocycles. The number of nitrogens with zero attached hydrogens (tertiary/aromatic N) is 2. The second-order valence-corrected chi connectivity index (χ2v) is 5.44. The highest BCUT2D eigenvalue weighted by molar-refractivity contribution is 7.71. The molecule has 17 heavy (non-hydrogen) atoms. The molecule has 0 aliphatic heterocycles. The molecule has 1 heterocycles. The van der Waals surface area contributed by atoms with Crippen molar-refractivity contribution < 1.29 is 0 Å². The summed E-state index contributed by atoms with van der Waals surface area (Å²) in [5, 5.41) is 6.77. The number of nitrogens with two attached hydrogens (primary N) is 1. The van der Waals surface area contributed by atoms with E-state index in [9.17, 15) is 0 Å². The van der Waals surface area contributed by atoms with E-state index in [2.05, 4.69) is 43.1 Å². The minimum atomic E-state index is 0.145. The second kappa shape index (κ2) is 4.00. The van der Waals surface area contributed by atoms with Gasteiger partial charge in [0, 0.05) is 5.56 Å². The maximum absolute atomic E-state index is 5.78. The highest BCUT2D eigenvalue weighted by Crippen LogP contribution is 2.24. The van der Waals surface area contributed by atoms with Gasteiger partial charge in [0.2, 0.25) is 4.77 Å². The summed E-state index contributed by atoms with van der Waals surface area (Å²) in [6.07, 6.45) is 0. The number of nitrogens with one attached hydrogen (secondary N) is 1. The minimum absolute atomic E-state index is 0.145. The van der Waals surface area contributed by atoms with Gasteiger partial charge in [0.15, 0.2) is 5.82 Å². The van der Waals surface area contributed by atoms with Crippen LogP contribution in [0.5, 0.6) is 0 Å². The van der Waals surface area contributed by atoms with Crippen molar-refractivity contribution >= 4 is 12.2 Å². The number of aromatic nitrogens is 3. The fraction of sp³-hybridized carbons (Fsp3) is 0.333. The molecule has 0 fully saturated rings. The van der Waals surface area contributed by atoms with Crippen LogP contribution in [-0.2, 0) is 5.41 Å². The van der Waals surface area contributed by atoms with Crippen LogP contribution >= 0.6 is 12.2 Å². The van der Waals surface area contributed by atoms with Crippen molar-refractivity contribution in [3.05, 3.63) is 34.6 Å². The lowest BCUT2D eigenvalue weighted by molar-refractivity contribution is 0.590. The lowest BCUT2D eigenvalue weighted by Crippen LogP contribution is -2.12. The van der Waals surface area contributed by atoms with Crippen molar-refractivity contribution in [2.75, 3.05) is 5.84 Å². The Balaban J connectivity index is 2.43. The molecule has 0 bridgehead atoms. The van der Waals surface area contributed by atoms with Gasteiger partial charge in [-0.15, -0.1) is 0 Å². The van der Waals surface area contributed by atoms with Crippen LogP contribution in [0.1, 0.15) is 26.3 Å². The van der Waals surface area contributed by atoms with E-state index in [1.165, 1.54) is 10.2 Å². The molecule has 0 unspecified atom stereocenters. The van der Waals surface area contributed by atoms with Crippen LogP contribution in [0.4, 0.5) is 0 Å². The van der Waals surface area contributed by atoms with Crippen LogP contribution in [0.3, 0.4) is 0 Å². The molecule has 4 nitrogen and oxygen atoms in total. The number of rotatable bonds is 1. The Kier molecular flexibility index (Phi) is 2.79. The van der Waals surface area contributed by atoms with E-state index in [1.54, 1.807) is 0 Å². The zero-order valence-corrected chi connectivity index (χ0v) is 11.0. The third kappa shape index (κ3) is 2.24. The van der Waals surface area contributed by atoms with E-state index >= 15 is 0 Å². The van der Waals surface area contributed by atoms with Crippen LogP contribution < -0.4 is 5.84 Å². The largest absolute Gasteiger partial charge is 0.335 e. The minimum Gasteiger partial charge on any atom is -0.335 e. The van der Waals surface area contributed by atoms with Crippen LogP contribution in [0, 0.1) is 4.77 Å². The molecule has 0 saturated heterocycles. The van der Waals surface area contributed by atoms with Crippen molar-refractivity contribution in [3.8, 4) is 11.4 Å². The normalized spacial score (nSPS) is 11.7. The van der Waals surface area contributed by atoms with E-state index in [4.69, 9.17) is 18.1 Å². The van der Waals surface area contributed by atoms with Crippen molar-refractivity contribution in [1.82, 2.24) is 14.9 Å². The van der Waals surface area contributed by atoms with Crippen molar-refractivity contribution in [1.29, 1.82) is 0 Å². The zero-order chi connectivity index (χ0) is 12.6. The van der Waals surface area contributed by atoms with Gasteiger partial charge in [-0.25, -0.2) is 9.77 Å².